The minimum absolute atomic E-state index is 0.0158. The molecule has 0 aromatic heterocycles. The van der Waals surface area contributed by atoms with Gasteiger partial charge in [-0.05, 0) is 23.5 Å². The molecule has 0 spiro atoms. The second kappa shape index (κ2) is 5.43. The minimum atomic E-state index is -1.07. The van der Waals surface area contributed by atoms with Crippen LogP contribution in [0.25, 0.3) is 0 Å². The Morgan fingerprint density at radius 3 is 2.27 bits per heavy atom. The Labute approximate surface area is 136 Å². The van der Waals surface area contributed by atoms with E-state index >= 15 is 0 Å². The van der Waals surface area contributed by atoms with Crippen molar-refractivity contribution in [2.75, 3.05) is 6.54 Å². The van der Waals surface area contributed by atoms with Gasteiger partial charge in [0.15, 0.2) is 0 Å². The average Bonchev–Trinajstić information content (AvgIpc) is 2.62. The monoisotopic (exact) mass is 320 g/mol. The molecule has 0 bridgehead atoms. The normalized spacial score (nSPS) is 22.0. The zero-order chi connectivity index (χ0) is 16.7. The lowest BCUT2D eigenvalue weighted by Gasteiger charge is -2.24. The fourth-order valence-corrected chi connectivity index (χ4v) is 2.63. The third-order valence-electron chi connectivity index (χ3n) is 3.93. The highest BCUT2D eigenvalue weighted by atomic mass is 35.5. The lowest BCUT2D eigenvalue weighted by Crippen LogP contribution is -2.41. The van der Waals surface area contributed by atoms with Crippen LogP contribution in [-0.4, -0.2) is 23.4 Å². The van der Waals surface area contributed by atoms with Crippen molar-refractivity contribution < 1.29 is 9.59 Å². The van der Waals surface area contributed by atoms with Gasteiger partial charge in [-0.3, -0.25) is 9.69 Å². The van der Waals surface area contributed by atoms with Gasteiger partial charge >= 0.3 is 6.03 Å². The highest BCUT2D eigenvalue weighted by molar-refractivity contribution is 6.30. The van der Waals surface area contributed by atoms with E-state index in [2.05, 4.69) is 32.7 Å². The van der Waals surface area contributed by atoms with Crippen LogP contribution in [0.1, 0.15) is 38.8 Å². The molecule has 1 N–H and O–H groups in total. The minimum Gasteiger partial charge on any atom is -0.319 e. The van der Waals surface area contributed by atoms with Gasteiger partial charge in [-0.1, -0.05) is 63.2 Å². The third-order valence-corrected chi connectivity index (χ3v) is 4.05. The second-order valence-corrected chi connectivity index (χ2v) is 7.33. The second-order valence-electron chi connectivity index (χ2n) is 6.79. The molecule has 0 aliphatic carbocycles. The van der Waals surface area contributed by atoms with Crippen LogP contribution in [0, 0.1) is 0 Å². The number of amides is 3. The first kappa shape index (κ1) is 16.6. The number of carbonyl (C=O) groups excluding carboxylic acids is 2. The van der Waals surface area contributed by atoms with E-state index < -0.39 is 11.6 Å². The van der Waals surface area contributed by atoms with Crippen molar-refractivity contribution in [3.63, 3.8) is 0 Å². The zero-order valence-electron chi connectivity index (χ0n) is 13.4. The molecule has 0 radical (unpaired) electrons. The Morgan fingerprint density at radius 2 is 1.82 bits per heavy atom. The summed E-state index contributed by atoms with van der Waals surface area (Å²) in [4.78, 5) is 25.7. The molecule has 1 saturated heterocycles. The summed E-state index contributed by atoms with van der Waals surface area (Å²) in [5.41, 5.74) is 0.883. The van der Waals surface area contributed by atoms with Crippen molar-refractivity contribution in [2.45, 2.75) is 38.6 Å². The Balaban J connectivity index is 2.33. The van der Waals surface area contributed by atoms with Crippen LogP contribution in [-0.2, 0) is 15.7 Å². The quantitative estimate of drug-likeness (QED) is 0.866. The Bertz CT molecular complexity index is 631. The predicted octanol–water partition coefficient (Wildman–Crippen LogP) is 3.50. The van der Waals surface area contributed by atoms with Gasteiger partial charge in [0, 0.05) is 5.03 Å². The number of halogens is 1. The number of hydrogen-bond acceptors (Lipinski definition) is 2. The van der Waals surface area contributed by atoms with E-state index in [0.29, 0.717) is 0 Å². The van der Waals surface area contributed by atoms with Crippen molar-refractivity contribution in [3.05, 3.63) is 47.0 Å². The van der Waals surface area contributed by atoms with E-state index in [9.17, 15) is 9.59 Å². The van der Waals surface area contributed by atoms with Crippen molar-refractivity contribution in [2.24, 2.45) is 0 Å². The van der Waals surface area contributed by atoms with Gasteiger partial charge in [-0.2, -0.15) is 0 Å². The van der Waals surface area contributed by atoms with Crippen molar-refractivity contribution in [1.29, 1.82) is 0 Å². The number of benzene rings is 1. The molecular formula is C17H21ClN2O2. The maximum Gasteiger partial charge on any atom is 0.325 e. The van der Waals surface area contributed by atoms with Gasteiger partial charge in [0.1, 0.15) is 5.54 Å². The topological polar surface area (TPSA) is 49.4 Å². The lowest BCUT2D eigenvalue weighted by molar-refractivity contribution is -0.130. The summed E-state index contributed by atoms with van der Waals surface area (Å²) in [6.07, 6.45) is 0. The fraction of sp³-hybridized carbons (Fsp3) is 0.412. The van der Waals surface area contributed by atoms with E-state index in [-0.39, 0.29) is 22.9 Å². The number of nitrogens with zero attached hydrogens (tertiary/aromatic N) is 1. The molecule has 5 heteroatoms. The molecule has 1 unspecified atom stereocenters. The summed E-state index contributed by atoms with van der Waals surface area (Å²) in [6.45, 7) is 11.6. The molecule has 0 saturated carbocycles. The molecule has 4 nitrogen and oxygen atoms in total. The van der Waals surface area contributed by atoms with E-state index in [4.69, 9.17) is 11.6 Å². The van der Waals surface area contributed by atoms with Crippen LogP contribution >= 0.6 is 11.6 Å². The van der Waals surface area contributed by atoms with Crippen LogP contribution in [0.2, 0.25) is 0 Å². The third kappa shape index (κ3) is 2.88. The summed E-state index contributed by atoms with van der Waals surface area (Å²) in [6, 6.07) is 7.30. The number of hydrogen-bond donors (Lipinski definition) is 1. The summed E-state index contributed by atoms with van der Waals surface area (Å²) in [7, 11) is 0. The van der Waals surface area contributed by atoms with Gasteiger partial charge in [0.25, 0.3) is 5.91 Å². The maximum absolute atomic E-state index is 12.6. The van der Waals surface area contributed by atoms with Gasteiger partial charge in [-0.25, -0.2) is 4.79 Å². The first-order valence-corrected chi connectivity index (χ1v) is 7.52. The Morgan fingerprint density at radius 1 is 1.27 bits per heavy atom. The van der Waals surface area contributed by atoms with Crippen molar-refractivity contribution in [1.82, 2.24) is 10.2 Å². The molecule has 1 aromatic carbocycles. The Kier molecular flexibility index (Phi) is 4.09. The first-order valence-electron chi connectivity index (χ1n) is 7.14. The average molecular weight is 321 g/mol. The smallest absolute Gasteiger partial charge is 0.319 e. The summed E-state index contributed by atoms with van der Waals surface area (Å²) in [5, 5.41) is 2.99. The maximum atomic E-state index is 12.6. The van der Waals surface area contributed by atoms with E-state index in [0.717, 1.165) is 10.5 Å². The molecule has 1 fully saturated rings. The van der Waals surface area contributed by atoms with Gasteiger partial charge in [-0.15, -0.1) is 0 Å². The molecule has 2 rings (SSSR count). The molecule has 3 amide bonds. The van der Waals surface area contributed by atoms with E-state index in [1.165, 1.54) is 5.56 Å². The van der Waals surface area contributed by atoms with Gasteiger partial charge < -0.3 is 5.32 Å². The van der Waals surface area contributed by atoms with Crippen LogP contribution in [0.3, 0.4) is 0 Å². The standard InChI is InChI=1S/C17H21ClN2O2/c1-11(18)10-20-14(21)17(5,19-15(20)22)13-8-6-12(7-9-13)16(2,3)4/h6-9H,1,10H2,2-5H3,(H,19,22). The Hall–Kier alpha value is -1.81. The largest absolute Gasteiger partial charge is 0.325 e. The number of urea groups is 1. The highest BCUT2D eigenvalue weighted by Crippen LogP contribution is 2.31. The predicted molar refractivity (Wildman–Crippen MR) is 87.7 cm³/mol. The van der Waals surface area contributed by atoms with E-state index in [1.807, 2.05) is 24.3 Å². The highest BCUT2D eigenvalue weighted by Gasteiger charge is 2.48. The van der Waals surface area contributed by atoms with Gasteiger partial charge in [0.05, 0.1) is 6.54 Å². The number of nitrogens with one attached hydrogen (secondary N) is 1. The van der Waals surface area contributed by atoms with Crippen molar-refractivity contribution in [3.8, 4) is 0 Å². The molecule has 1 atom stereocenters. The molecule has 1 aromatic rings. The number of rotatable bonds is 3. The van der Waals surface area contributed by atoms with Crippen LogP contribution in [0.15, 0.2) is 35.9 Å². The summed E-state index contributed by atoms with van der Waals surface area (Å²) >= 11 is 5.73. The molecule has 118 valence electrons. The molecule has 1 aliphatic heterocycles. The van der Waals surface area contributed by atoms with Crippen LogP contribution in [0.5, 0.6) is 0 Å². The van der Waals surface area contributed by atoms with Crippen LogP contribution in [0.4, 0.5) is 4.79 Å². The first-order chi connectivity index (χ1) is 10.1. The van der Waals surface area contributed by atoms with Crippen LogP contribution < -0.4 is 5.32 Å². The number of carbonyl (C=O) groups is 2. The molecule has 1 aliphatic rings. The summed E-state index contributed by atoms with van der Waals surface area (Å²) < 4.78 is 0. The lowest BCUT2D eigenvalue weighted by atomic mass is 9.84. The zero-order valence-corrected chi connectivity index (χ0v) is 14.1. The number of imide groups is 1. The molecule has 22 heavy (non-hydrogen) atoms. The molecular weight excluding hydrogens is 300 g/mol. The van der Waals surface area contributed by atoms with E-state index in [1.54, 1.807) is 6.92 Å². The fourth-order valence-electron chi connectivity index (χ4n) is 2.51. The summed E-state index contributed by atoms with van der Waals surface area (Å²) in [5.74, 6) is -0.317. The molecule has 1 heterocycles. The van der Waals surface area contributed by atoms with Gasteiger partial charge in [0.2, 0.25) is 0 Å². The SMILES string of the molecule is C=C(Cl)CN1C(=O)NC(C)(c2ccc(C(C)(C)C)cc2)C1=O. The van der Waals surface area contributed by atoms with Crippen molar-refractivity contribution >= 4 is 23.5 Å².